The van der Waals surface area contributed by atoms with E-state index >= 15 is 0 Å². The molecule has 0 saturated heterocycles. The molecule has 1 heterocycles. The number of rotatable bonds is 14. The van der Waals surface area contributed by atoms with E-state index in [0.717, 1.165) is 19.3 Å². The Labute approximate surface area is 207 Å². The fourth-order valence-corrected chi connectivity index (χ4v) is 4.37. The van der Waals surface area contributed by atoms with Gasteiger partial charge in [0, 0.05) is 23.5 Å². The summed E-state index contributed by atoms with van der Waals surface area (Å²) < 4.78 is 10.9. The molecule has 1 aliphatic rings. The van der Waals surface area contributed by atoms with Gasteiger partial charge in [0.1, 0.15) is 0 Å². The first-order valence-corrected chi connectivity index (χ1v) is 12.6. The average molecular weight is 487 g/mol. The fraction of sp³-hybridized carbons (Fsp3) is 0.556. The maximum atomic E-state index is 13.2. The molecule has 8 heteroatoms. The predicted molar refractivity (Wildman–Crippen MR) is 135 cm³/mol. The highest BCUT2D eigenvalue weighted by Gasteiger charge is 2.38. The van der Waals surface area contributed by atoms with Crippen molar-refractivity contribution in [3.8, 4) is 0 Å². The fourth-order valence-electron chi connectivity index (χ4n) is 4.37. The van der Waals surface area contributed by atoms with Crippen molar-refractivity contribution in [2.24, 2.45) is 0 Å². The van der Waals surface area contributed by atoms with E-state index in [2.05, 4.69) is 12.2 Å². The number of non-ortho nitro benzene ring substituents is 1. The molecule has 0 aromatic heterocycles. The number of hydrogen-bond acceptors (Lipinski definition) is 7. The van der Waals surface area contributed by atoms with Crippen LogP contribution in [-0.4, -0.2) is 30.1 Å². The summed E-state index contributed by atoms with van der Waals surface area (Å²) >= 11 is 0. The molecule has 1 unspecified atom stereocenters. The van der Waals surface area contributed by atoms with Gasteiger partial charge < -0.3 is 14.8 Å². The third-order valence-electron chi connectivity index (χ3n) is 6.12. The summed E-state index contributed by atoms with van der Waals surface area (Å²) in [5, 5.41) is 14.5. The molecular formula is C27H38N2O6. The number of unbranched alkanes of at least 4 members (excludes halogenated alkanes) is 7. The molecular weight excluding hydrogens is 448 g/mol. The van der Waals surface area contributed by atoms with Crippen LogP contribution < -0.4 is 5.32 Å². The van der Waals surface area contributed by atoms with Gasteiger partial charge in [-0.25, -0.2) is 9.59 Å². The van der Waals surface area contributed by atoms with Crippen molar-refractivity contribution in [2.45, 2.75) is 85.0 Å². The predicted octanol–water partition coefficient (Wildman–Crippen LogP) is 6.08. The Morgan fingerprint density at radius 2 is 1.49 bits per heavy atom. The van der Waals surface area contributed by atoms with Gasteiger partial charge in [-0.05, 0) is 32.8 Å². The Kier molecular flexibility index (Phi) is 11.5. The molecule has 2 rings (SSSR count). The molecule has 0 aliphatic carbocycles. The minimum absolute atomic E-state index is 0.119. The molecule has 0 amide bonds. The molecule has 0 spiro atoms. The van der Waals surface area contributed by atoms with E-state index in [4.69, 9.17) is 9.47 Å². The highest BCUT2D eigenvalue weighted by molar-refractivity contribution is 5.99. The van der Waals surface area contributed by atoms with E-state index in [-0.39, 0.29) is 30.0 Å². The normalized spacial score (nSPS) is 15.6. The molecule has 35 heavy (non-hydrogen) atoms. The summed E-state index contributed by atoms with van der Waals surface area (Å²) in [5.41, 5.74) is 1.94. The summed E-state index contributed by atoms with van der Waals surface area (Å²) in [6.45, 7) is 7.81. The van der Waals surface area contributed by atoms with E-state index in [1.54, 1.807) is 32.9 Å². The van der Waals surface area contributed by atoms with Gasteiger partial charge in [-0.2, -0.15) is 0 Å². The Balaban J connectivity index is 2.20. The number of allylic oxidation sites excluding steroid dienone is 2. The lowest BCUT2D eigenvalue weighted by Gasteiger charge is -2.30. The Morgan fingerprint density at radius 1 is 0.914 bits per heavy atom. The first kappa shape index (κ1) is 28.1. The number of esters is 2. The maximum Gasteiger partial charge on any atom is 0.336 e. The SMILES string of the molecule is CCCCCCCCCCOC(=O)C1=C(C)NC(C)=C(C(=O)OCC)C1c1cccc([N+](=O)[O-])c1. The number of ether oxygens (including phenoxy) is 2. The number of nitrogens with one attached hydrogen (secondary N) is 1. The first-order chi connectivity index (χ1) is 16.8. The van der Waals surface area contributed by atoms with E-state index in [9.17, 15) is 19.7 Å². The first-order valence-electron chi connectivity index (χ1n) is 12.6. The van der Waals surface area contributed by atoms with E-state index in [1.165, 1.54) is 44.2 Å². The Bertz CT molecular complexity index is 966. The Hall–Kier alpha value is -3.16. The third kappa shape index (κ3) is 7.94. The largest absolute Gasteiger partial charge is 0.463 e. The molecule has 0 fully saturated rings. The van der Waals surface area contributed by atoms with Crippen LogP contribution in [0.2, 0.25) is 0 Å². The van der Waals surface area contributed by atoms with Gasteiger partial charge in [-0.3, -0.25) is 10.1 Å². The Morgan fingerprint density at radius 3 is 2.06 bits per heavy atom. The van der Waals surface area contributed by atoms with E-state index in [0.29, 0.717) is 17.0 Å². The number of hydrogen-bond donors (Lipinski definition) is 1. The molecule has 0 saturated carbocycles. The lowest BCUT2D eigenvalue weighted by Crippen LogP contribution is -2.32. The summed E-state index contributed by atoms with van der Waals surface area (Å²) in [5.74, 6) is -1.94. The molecule has 1 atom stereocenters. The summed E-state index contributed by atoms with van der Waals surface area (Å²) in [6.07, 6.45) is 9.04. The van der Waals surface area contributed by atoms with Crippen LogP contribution in [0.15, 0.2) is 46.8 Å². The minimum Gasteiger partial charge on any atom is -0.463 e. The second-order valence-corrected chi connectivity index (χ2v) is 8.82. The highest BCUT2D eigenvalue weighted by Crippen LogP contribution is 2.40. The molecule has 0 bridgehead atoms. The second kappa shape index (κ2) is 14.3. The van der Waals surface area contributed by atoms with Crippen LogP contribution in [0.4, 0.5) is 5.69 Å². The molecule has 1 aliphatic heterocycles. The molecule has 1 aromatic carbocycles. The zero-order chi connectivity index (χ0) is 25.8. The number of nitrogens with zero attached hydrogens (tertiary/aromatic N) is 1. The van der Waals surface area contributed by atoms with Gasteiger partial charge in [-0.15, -0.1) is 0 Å². The van der Waals surface area contributed by atoms with Crippen molar-refractivity contribution in [3.63, 3.8) is 0 Å². The van der Waals surface area contributed by atoms with Crippen molar-refractivity contribution in [1.82, 2.24) is 5.32 Å². The van der Waals surface area contributed by atoms with Crippen LogP contribution in [-0.2, 0) is 19.1 Å². The van der Waals surface area contributed by atoms with Gasteiger partial charge >= 0.3 is 11.9 Å². The number of carbonyl (C=O) groups is 2. The lowest BCUT2D eigenvalue weighted by molar-refractivity contribution is -0.384. The molecule has 8 nitrogen and oxygen atoms in total. The summed E-state index contributed by atoms with van der Waals surface area (Å²) in [4.78, 5) is 37.0. The molecule has 192 valence electrons. The number of nitro benzene ring substituents is 1. The van der Waals surface area contributed by atoms with Gasteiger partial charge in [0.2, 0.25) is 0 Å². The van der Waals surface area contributed by atoms with Crippen molar-refractivity contribution < 1.29 is 24.0 Å². The van der Waals surface area contributed by atoms with E-state index in [1.807, 2.05) is 0 Å². The van der Waals surface area contributed by atoms with Crippen LogP contribution >= 0.6 is 0 Å². The van der Waals surface area contributed by atoms with Crippen molar-refractivity contribution in [2.75, 3.05) is 13.2 Å². The quantitative estimate of drug-likeness (QED) is 0.147. The standard InChI is InChI=1S/C27H38N2O6/c1-5-7-8-9-10-11-12-13-17-35-27(31)24-20(4)28-19(3)23(26(30)34-6-2)25(24)21-15-14-16-22(18-21)29(32)33/h14-16,18,25,28H,5-13,17H2,1-4H3. The summed E-state index contributed by atoms with van der Waals surface area (Å²) in [7, 11) is 0. The smallest absolute Gasteiger partial charge is 0.336 e. The number of carbonyl (C=O) groups excluding carboxylic acids is 2. The number of nitro groups is 1. The maximum absolute atomic E-state index is 13.2. The van der Waals surface area contributed by atoms with Crippen molar-refractivity contribution >= 4 is 17.6 Å². The lowest BCUT2D eigenvalue weighted by atomic mass is 9.80. The van der Waals surface area contributed by atoms with Gasteiger partial charge in [0.25, 0.3) is 5.69 Å². The second-order valence-electron chi connectivity index (χ2n) is 8.82. The van der Waals surface area contributed by atoms with Crippen LogP contribution in [0.5, 0.6) is 0 Å². The van der Waals surface area contributed by atoms with Crippen LogP contribution in [0.1, 0.15) is 90.5 Å². The molecule has 1 aromatic rings. The molecule has 1 N–H and O–H groups in total. The van der Waals surface area contributed by atoms with Crippen LogP contribution in [0.3, 0.4) is 0 Å². The average Bonchev–Trinajstić information content (AvgIpc) is 2.82. The van der Waals surface area contributed by atoms with Crippen molar-refractivity contribution in [3.05, 3.63) is 62.5 Å². The third-order valence-corrected chi connectivity index (χ3v) is 6.12. The van der Waals surface area contributed by atoms with Crippen LogP contribution in [0.25, 0.3) is 0 Å². The topological polar surface area (TPSA) is 108 Å². The zero-order valence-electron chi connectivity index (χ0n) is 21.4. The number of benzene rings is 1. The molecule has 0 radical (unpaired) electrons. The van der Waals surface area contributed by atoms with Crippen molar-refractivity contribution in [1.29, 1.82) is 0 Å². The summed E-state index contributed by atoms with van der Waals surface area (Å²) in [6, 6.07) is 5.99. The number of dihydropyridines is 1. The zero-order valence-corrected chi connectivity index (χ0v) is 21.4. The van der Waals surface area contributed by atoms with Gasteiger partial charge in [-0.1, -0.05) is 64.0 Å². The van der Waals surface area contributed by atoms with Gasteiger partial charge in [0.05, 0.1) is 35.2 Å². The monoisotopic (exact) mass is 486 g/mol. The minimum atomic E-state index is -0.832. The highest BCUT2D eigenvalue weighted by atomic mass is 16.6. The van der Waals surface area contributed by atoms with Gasteiger partial charge in [0.15, 0.2) is 0 Å². The van der Waals surface area contributed by atoms with Crippen LogP contribution in [0, 0.1) is 10.1 Å². The van der Waals surface area contributed by atoms with E-state index < -0.39 is 22.8 Å².